The summed E-state index contributed by atoms with van der Waals surface area (Å²) < 4.78 is 26.6. The predicted molar refractivity (Wildman–Crippen MR) is 77.3 cm³/mol. The van der Waals surface area contributed by atoms with Crippen LogP contribution in [0.15, 0.2) is 29.2 Å². The van der Waals surface area contributed by atoms with E-state index in [9.17, 15) is 13.2 Å². The Morgan fingerprint density at radius 3 is 2.40 bits per heavy atom. The van der Waals surface area contributed by atoms with Crippen molar-refractivity contribution < 1.29 is 13.2 Å². The minimum Gasteiger partial charge on any atom is -0.303 e. The van der Waals surface area contributed by atoms with E-state index in [0.29, 0.717) is 18.4 Å². The van der Waals surface area contributed by atoms with E-state index in [1.54, 1.807) is 0 Å². The Kier molecular flexibility index (Phi) is 5.28. The van der Waals surface area contributed by atoms with Gasteiger partial charge in [0.1, 0.15) is 6.29 Å². The molecule has 0 aliphatic carbocycles. The molecule has 0 unspecified atom stereocenters. The fourth-order valence-corrected chi connectivity index (χ4v) is 3.40. The van der Waals surface area contributed by atoms with Gasteiger partial charge in [0.2, 0.25) is 10.0 Å². The Hall–Kier alpha value is -1.24. The maximum atomic E-state index is 12.0. The summed E-state index contributed by atoms with van der Waals surface area (Å²) in [6.45, 7) is 3.63. The van der Waals surface area contributed by atoms with E-state index >= 15 is 0 Å². The second kappa shape index (κ2) is 6.97. The predicted octanol–water partition coefficient (Wildman–Crippen LogP) is 1.26. The number of aldehydes is 1. The summed E-state index contributed by atoms with van der Waals surface area (Å²) in [5, 5.41) is 0. The second-order valence-corrected chi connectivity index (χ2v) is 6.75. The van der Waals surface area contributed by atoms with Crippen LogP contribution < -0.4 is 4.72 Å². The minimum absolute atomic E-state index is 0.198. The molecule has 0 amide bonds. The van der Waals surface area contributed by atoms with E-state index in [-0.39, 0.29) is 4.90 Å². The van der Waals surface area contributed by atoms with Gasteiger partial charge in [-0.15, -0.1) is 0 Å². The van der Waals surface area contributed by atoms with Crippen molar-refractivity contribution in [2.24, 2.45) is 0 Å². The van der Waals surface area contributed by atoms with E-state index in [4.69, 9.17) is 0 Å². The highest BCUT2D eigenvalue weighted by Gasteiger charge is 2.14. The number of carbonyl (C=O) groups excluding carboxylic acids is 1. The van der Waals surface area contributed by atoms with Crippen molar-refractivity contribution in [3.63, 3.8) is 0 Å². The molecule has 1 aliphatic rings. The molecule has 1 heterocycles. The number of nitrogens with zero attached hydrogens (tertiary/aromatic N) is 1. The highest BCUT2D eigenvalue weighted by Crippen LogP contribution is 2.10. The molecule has 110 valence electrons. The van der Waals surface area contributed by atoms with Crippen molar-refractivity contribution in [1.29, 1.82) is 0 Å². The fourth-order valence-electron chi connectivity index (χ4n) is 2.32. The Morgan fingerprint density at radius 2 is 1.80 bits per heavy atom. The SMILES string of the molecule is O=Cc1ccc(S(=O)(=O)NCCCN2CCCC2)cc1. The van der Waals surface area contributed by atoms with Gasteiger partial charge in [-0.05, 0) is 51.0 Å². The number of likely N-dealkylation sites (tertiary alicyclic amines) is 1. The summed E-state index contributed by atoms with van der Waals surface area (Å²) >= 11 is 0. The first-order valence-corrected chi connectivity index (χ1v) is 8.37. The second-order valence-electron chi connectivity index (χ2n) is 4.99. The zero-order valence-electron chi connectivity index (χ0n) is 11.4. The van der Waals surface area contributed by atoms with Gasteiger partial charge in [0.05, 0.1) is 4.90 Å². The highest BCUT2D eigenvalue weighted by atomic mass is 32.2. The first-order chi connectivity index (χ1) is 9.62. The third kappa shape index (κ3) is 4.13. The zero-order chi connectivity index (χ0) is 14.4. The molecule has 6 heteroatoms. The number of hydrogen-bond donors (Lipinski definition) is 1. The fraction of sp³-hybridized carbons (Fsp3) is 0.500. The number of nitrogens with one attached hydrogen (secondary N) is 1. The van der Waals surface area contributed by atoms with Crippen LogP contribution in [0.4, 0.5) is 0 Å². The molecule has 1 aliphatic heterocycles. The number of sulfonamides is 1. The van der Waals surface area contributed by atoms with Crippen LogP contribution in [-0.4, -0.2) is 45.8 Å². The number of carbonyl (C=O) groups is 1. The molecule has 1 fully saturated rings. The smallest absolute Gasteiger partial charge is 0.240 e. The van der Waals surface area contributed by atoms with Crippen LogP contribution >= 0.6 is 0 Å². The van der Waals surface area contributed by atoms with Gasteiger partial charge in [0.15, 0.2) is 0 Å². The number of benzene rings is 1. The summed E-state index contributed by atoms with van der Waals surface area (Å²) in [6, 6.07) is 5.91. The normalized spacial score (nSPS) is 16.4. The van der Waals surface area contributed by atoms with Crippen LogP contribution in [0.25, 0.3) is 0 Å². The van der Waals surface area contributed by atoms with Gasteiger partial charge in [-0.25, -0.2) is 13.1 Å². The molecule has 1 aromatic rings. The van der Waals surface area contributed by atoms with Crippen LogP contribution in [0.3, 0.4) is 0 Å². The quantitative estimate of drug-likeness (QED) is 0.608. The van der Waals surface area contributed by atoms with E-state index in [1.165, 1.54) is 37.1 Å². The van der Waals surface area contributed by atoms with Gasteiger partial charge < -0.3 is 4.90 Å². The standard InChI is InChI=1S/C14H20N2O3S/c17-12-13-4-6-14(7-5-13)20(18,19)15-8-3-11-16-9-1-2-10-16/h4-7,12,15H,1-3,8-11H2. The average molecular weight is 296 g/mol. The summed E-state index contributed by atoms with van der Waals surface area (Å²) in [4.78, 5) is 13.1. The Balaban J connectivity index is 1.81. The molecular weight excluding hydrogens is 276 g/mol. The Morgan fingerprint density at radius 1 is 1.15 bits per heavy atom. The Labute approximate surface area is 120 Å². The lowest BCUT2D eigenvalue weighted by atomic mass is 10.2. The topological polar surface area (TPSA) is 66.5 Å². The maximum absolute atomic E-state index is 12.0. The minimum atomic E-state index is -3.47. The van der Waals surface area contributed by atoms with Gasteiger partial charge in [-0.2, -0.15) is 0 Å². The molecule has 5 nitrogen and oxygen atoms in total. The summed E-state index contributed by atoms with van der Waals surface area (Å²) in [5.41, 5.74) is 0.470. The third-order valence-electron chi connectivity index (χ3n) is 3.47. The monoisotopic (exact) mass is 296 g/mol. The van der Waals surface area contributed by atoms with Gasteiger partial charge in [0.25, 0.3) is 0 Å². The van der Waals surface area contributed by atoms with Crippen molar-refractivity contribution in [1.82, 2.24) is 9.62 Å². The van der Waals surface area contributed by atoms with Crippen LogP contribution in [0.1, 0.15) is 29.6 Å². The lowest BCUT2D eigenvalue weighted by molar-refractivity contribution is 0.112. The van der Waals surface area contributed by atoms with Gasteiger partial charge in [-0.3, -0.25) is 4.79 Å². The van der Waals surface area contributed by atoms with Crippen molar-refractivity contribution >= 4 is 16.3 Å². The lowest BCUT2D eigenvalue weighted by Gasteiger charge is -2.14. The van der Waals surface area contributed by atoms with E-state index in [2.05, 4.69) is 9.62 Å². The summed E-state index contributed by atoms with van der Waals surface area (Å²) in [7, 11) is -3.47. The van der Waals surface area contributed by atoms with Crippen molar-refractivity contribution in [3.05, 3.63) is 29.8 Å². The van der Waals surface area contributed by atoms with E-state index < -0.39 is 10.0 Å². The van der Waals surface area contributed by atoms with Gasteiger partial charge >= 0.3 is 0 Å². The molecule has 0 aromatic heterocycles. The largest absolute Gasteiger partial charge is 0.303 e. The zero-order valence-corrected chi connectivity index (χ0v) is 12.2. The van der Waals surface area contributed by atoms with Crippen LogP contribution in [-0.2, 0) is 10.0 Å². The van der Waals surface area contributed by atoms with Crippen LogP contribution in [0.2, 0.25) is 0 Å². The van der Waals surface area contributed by atoms with Crippen molar-refractivity contribution in [3.8, 4) is 0 Å². The van der Waals surface area contributed by atoms with E-state index in [0.717, 1.165) is 26.1 Å². The molecular formula is C14H20N2O3S. The average Bonchev–Trinajstić information content (AvgIpc) is 2.97. The molecule has 0 radical (unpaired) electrons. The molecule has 1 N–H and O–H groups in total. The summed E-state index contributed by atoms with van der Waals surface area (Å²) in [5.74, 6) is 0. The molecule has 0 saturated carbocycles. The van der Waals surface area contributed by atoms with Crippen LogP contribution in [0, 0.1) is 0 Å². The van der Waals surface area contributed by atoms with Gasteiger partial charge in [-0.1, -0.05) is 12.1 Å². The molecule has 1 aromatic carbocycles. The molecule has 0 bridgehead atoms. The molecule has 20 heavy (non-hydrogen) atoms. The maximum Gasteiger partial charge on any atom is 0.240 e. The van der Waals surface area contributed by atoms with Crippen molar-refractivity contribution in [2.45, 2.75) is 24.2 Å². The number of rotatable bonds is 7. The van der Waals surface area contributed by atoms with E-state index in [1.807, 2.05) is 0 Å². The first kappa shape index (κ1) is 15.2. The molecule has 0 spiro atoms. The van der Waals surface area contributed by atoms with Gasteiger partial charge in [0, 0.05) is 12.1 Å². The molecule has 0 atom stereocenters. The third-order valence-corrected chi connectivity index (χ3v) is 4.95. The molecule has 2 rings (SSSR count). The first-order valence-electron chi connectivity index (χ1n) is 6.89. The Bertz CT molecular complexity index is 534. The number of hydrogen-bond acceptors (Lipinski definition) is 4. The van der Waals surface area contributed by atoms with Crippen LogP contribution in [0.5, 0.6) is 0 Å². The summed E-state index contributed by atoms with van der Waals surface area (Å²) in [6.07, 6.45) is 4.00. The molecule has 1 saturated heterocycles. The highest BCUT2D eigenvalue weighted by molar-refractivity contribution is 7.89. The lowest BCUT2D eigenvalue weighted by Crippen LogP contribution is -2.28. The van der Waals surface area contributed by atoms with Crippen molar-refractivity contribution in [2.75, 3.05) is 26.2 Å².